The Hall–Kier alpha value is -2.15. The zero-order valence-electron chi connectivity index (χ0n) is 14.4. The van der Waals surface area contributed by atoms with Crippen molar-refractivity contribution in [3.63, 3.8) is 0 Å². The molecule has 1 aliphatic carbocycles. The van der Waals surface area contributed by atoms with Crippen LogP contribution < -0.4 is 10.2 Å². The number of likely N-dealkylation sites (tertiary alicyclic amines) is 1. The molecule has 2 aromatic rings. The maximum Gasteiger partial charge on any atom is 0.227 e. The van der Waals surface area contributed by atoms with Crippen molar-refractivity contribution < 1.29 is 0 Å². The molecule has 0 spiro atoms. The van der Waals surface area contributed by atoms with Gasteiger partial charge in [-0.1, -0.05) is 0 Å². The highest BCUT2D eigenvalue weighted by Crippen LogP contribution is 2.39. The predicted octanol–water partition coefficient (Wildman–Crippen LogP) is 2.35. The van der Waals surface area contributed by atoms with Gasteiger partial charge in [0, 0.05) is 37.0 Å². The minimum absolute atomic E-state index is 0.503. The van der Waals surface area contributed by atoms with Crippen LogP contribution in [-0.2, 0) is 0 Å². The minimum Gasteiger partial charge on any atom is -0.341 e. The SMILES string of the molecule is CN1CCC(N(C)c2nccc(Nc3cc(C4CC4)[nH]n3)n2)CC1. The topological polar surface area (TPSA) is 73.0 Å². The molecule has 3 heterocycles. The summed E-state index contributed by atoms with van der Waals surface area (Å²) in [4.78, 5) is 13.7. The molecule has 2 aromatic heterocycles. The fraction of sp³-hybridized carbons (Fsp3) is 0.588. The summed E-state index contributed by atoms with van der Waals surface area (Å²) in [6, 6.07) is 4.47. The van der Waals surface area contributed by atoms with E-state index >= 15 is 0 Å². The van der Waals surface area contributed by atoms with Crippen LogP contribution in [0.3, 0.4) is 0 Å². The Bertz CT molecular complexity index is 686. The molecule has 1 saturated heterocycles. The van der Waals surface area contributed by atoms with E-state index < -0.39 is 0 Å². The molecule has 2 aliphatic rings. The van der Waals surface area contributed by atoms with Crippen molar-refractivity contribution in [3.8, 4) is 0 Å². The standard InChI is InChI=1S/C17H25N7/c1-23-9-6-13(7-10-23)24(2)17-18-8-5-15(20-17)19-16-11-14(21-22-16)12-3-4-12/h5,8,11-13H,3-4,6-7,9-10H2,1-2H3,(H2,18,19,20,21,22). The lowest BCUT2D eigenvalue weighted by atomic mass is 10.0. The molecule has 24 heavy (non-hydrogen) atoms. The third kappa shape index (κ3) is 3.36. The number of hydrogen-bond acceptors (Lipinski definition) is 6. The molecule has 0 radical (unpaired) electrons. The second-order valence-corrected chi connectivity index (χ2v) is 7.00. The van der Waals surface area contributed by atoms with Crippen LogP contribution in [0.25, 0.3) is 0 Å². The highest BCUT2D eigenvalue weighted by atomic mass is 15.3. The molecule has 0 atom stereocenters. The van der Waals surface area contributed by atoms with E-state index in [1.54, 1.807) is 0 Å². The zero-order valence-corrected chi connectivity index (χ0v) is 14.4. The highest BCUT2D eigenvalue weighted by molar-refractivity contribution is 5.53. The number of nitrogens with zero attached hydrogens (tertiary/aromatic N) is 5. The van der Waals surface area contributed by atoms with Gasteiger partial charge in [-0.15, -0.1) is 0 Å². The molecule has 7 heteroatoms. The second kappa shape index (κ2) is 6.39. The molecular formula is C17H25N7. The number of nitrogens with one attached hydrogen (secondary N) is 2. The van der Waals surface area contributed by atoms with Crippen LogP contribution in [0.5, 0.6) is 0 Å². The third-order valence-corrected chi connectivity index (χ3v) is 5.07. The first-order chi connectivity index (χ1) is 11.7. The van der Waals surface area contributed by atoms with E-state index in [2.05, 4.69) is 55.4 Å². The number of piperidine rings is 1. The van der Waals surface area contributed by atoms with Gasteiger partial charge in [0.25, 0.3) is 0 Å². The number of rotatable bonds is 5. The zero-order chi connectivity index (χ0) is 16.5. The Balaban J connectivity index is 1.44. The molecule has 7 nitrogen and oxygen atoms in total. The monoisotopic (exact) mass is 327 g/mol. The van der Waals surface area contributed by atoms with Gasteiger partial charge in [0.05, 0.1) is 0 Å². The van der Waals surface area contributed by atoms with Crippen molar-refractivity contribution in [1.82, 2.24) is 25.1 Å². The van der Waals surface area contributed by atoms with E-state index in [1.807, 2.05) is 12.3 Å². The van der Waals surface area contributed by atoms with Gasteiger partial charge in [-0.05, 0) is 51.9 Å². The highest BCUT2D eigenvalue weighted by Gasteiger charge is 2.26. The fourth-order valence-corrected chi connectivity index (χ4v) is 3.27. The van der Waals surface area contributed by atoms with Crippen molar-refractivity contribution in [2.75, 3.05) is 37.4 Å². The lowest BCUT2D eigenvalue weighted by molar-refractivity contribution is 0.252. The lowest BCUT2D eigenvalue weighted by Crippen LogP contribution is -2.42. The summed E-state index contributed by atoms with van der Waals surface area (Å²) < 4.78 is 0. The van der Waals surface area contributed by atoms with E-state index in [-0.39, 0.29) is 0 Å². The third-order valence-electron chi connectivity index (χ3n) is 5.07. The van der Waals surface area contributed by atoms with Crippen LogP contribution >= 0.6 is 0 Å². The van der Waals surface area contributed by atoms with E-state index in [4.69, 9.17) is 0 Å². The minimum atomic E-state index is 0.503. The van der Waals surface area contributed by atoms with Crippen molar-refractivity contribution in [2.24, 2.45) is 0 Å². The summed E-state index contributed by atoms with van der Waals surface area (Å²) in [5, 5.41) is 10.7. The van der Waals surface area contributed by atoms with Gasteiger partial charge in [-0.3, -0.25) is 5.10 Å². The number of aromatic amines is 1. The summed E-state index contributed by atoms with van der Waals surface area (Å²) in [6.45, 7) is 2.26. The molecule has 4 rings (SSSR count). The number of aromatic nitrogens is 4. The quantitative estimate of drug-likeness (QED) is 0.878. The van der Waals surface area contributed by atoms with E-state index in [9.17, 15) is 0 Å². The van der Waals surface area contributed by atoms with Crippen molar-refractivity contribution in [1.29, 1.82) is 0 Å². The summed E-state index contributed by atoms with van der Waals surface area (Å²) in [5.41, 5.74) is 1.22. The summed E-state index contributed by atoms with van der Waals surface area (Å²) >= 11 is 0. The van der Waals surface area contributed by atoms with Gasteiger partial charge in [-0.2, -0.15) is 10.1 Å². The smallest absolute Gasteiger partial charge is 0.227 e. The van der Waals surface area contributed by atoms with E-state index in [1.165, 1.54) is 18.5 Å². The largest absolute Gasteiger partial charge is 0.341 e. The molecule has 128 valence electrons. The number of H-pyrrole nitrogens is 1. The normalized spacial score (nSPS) is 19.4. The predicted molar refractivity (Wildman–Crippen MR) is 94.8 cm³/mol. The molecule has 2 fully saturated rings. The molecule has 0 amide bonds. The fourth-order valence-electron chi connectivity index (χ4n) is 3.27. The van der Waals surface area contributed by atoms with Crippen LogP contribution in [0, 0.1) is 0 Å². The molecule has 0 bridgehead atoms. The van der Waals surface area contributed by atoms with Gasteiger partial charge < -0.3 is 15.1 Å². The molecule has 1 aliphatic heterocycles. The van der Waals surface area contributed by atoms with Gasteiger partial charge in [0.15, 0.2) is 5.82 Å². The van der Waals surface area contributed by atoms with Crippen LogP contribution in [0.2, 0.25) is 0 Å². The van der Waals surface area contributed by atoms with Crippen LogP contribution in [0.15, 0.2) is 18.3 Å². The maximum absolute atomic E-state index is 4.67. The molecule has 0 aromatic carbocycles. The second-order valence-electron chi connectivity index (χ2n) is 7.00. The Labute approximate surface area is 142 Å². The Morgan fingerprint density at radius 3 is 2.75 bits per heavy atom. The van der Waals surface area contributed by atoms with E-state index in [0.29, 0.717) is 12.0 Å². The van der Waals surface area contributed by atoms with Gasteiger partial charge in [0.2, 0.25) is 5.95 Å². The molecule has 0 unspecified atom stereocenters. The van der Waals surface area contributed by atoms with Crippen LogP contribution in [0.1, 0.15) is 37.3 Å². The Morgan fingerprint density at radius 2 is 2.00 bits per heavy atom. The van der Waals surface area contributed by atoms with Crippen molar-refractivity contribution in [2.45, 2.75) is 37.6 Å². The number of hydrogen-bond donors (Lipinski definition) is 2. The van der Waals surface area contributed by atoms with E-state index in [0.717, 1.165) is 43.5 Å². The molecule has 1 saturated carbocycles. The Kier molecular flexibility index (Phi) is 4.10. The van der Waals surface area contributed by atoms with Crippen molar-refractivity contribution in [3.05, 3.63) is 24.0 Å². The maximum atomic E-state index is 4.67. The molecule has 2 N–H and O–H groups in total. The lowest BCUT2D eigenvalue weighted by Gasteiger charge is -2.35. The first-order valence-corrected chi connectivity index (χ1v) is 8.76. The first-order valence-electron chi connectivity index (χ1n) is 8.76. The summed E-state index contributed by atoms with van der Waals surface area (Å²) in [5.74, 6) is 3.05. The number of anilines is 3. The molecular weight excluding hydrogens is 302 g/mol. The Morgan fingerprint density at radius 1 is 1.21 bits per heavy atom. The average Bonchev–Trinajstić information content (AvgIpc) is 3.35. The van der Waals surface area contributed by atoms with Gasteiger partial charge in [-0.25, -0.2) is 4.98 Å². The first kappa shape index (κ1) is 15.4. The van der Waals surface area contributed by atoms with Gasteiger partial charge >= 0.3 is 0 Å². The van der Waals surface area contributed by atoms with Crippen LogP contribution in [0.4, 0.5) is 17.6 Å². The summed E-state index contributed by atoms with van der Waals surface area (Å²) in [6.07, 6.45) is 6.64. The van der Waals surface area contributed by atoms with Gasteiger partial charge in [0.1, 0.15) is 5.82 Å². The van der Waals surface area contributed by atoms with Crippen LogP contribution in [-0.4, -0.2) is 58.3 Å². The van der Waals surface area contributed by atoms with Crippen molar-refractivity contribution >= 4 is 17.6 Å². The summed E-state index contributed by atoms with van der Waals surface area (Å²) in [7, 11) is 4.27. The average molecular weight is 327 g/mol.